The molecular weight excluding hydrogens is 322 g/mol. The molecule has 0 radical (unpaired) electrons. The zero-order valence-corrected chi connectivity index (χ0v) is 14.3. The number of allylic oxidation sites excluding steroid dienone is 1. The van der Waals surface area contributed by atoms with E-state index in [1.807, 2.05) is 67.6 Å². The molecule has 26 heavy (non-hydrogen) atoms. The van der Waals surface area contributed by atoms with Gasteiger partial charge in [-0.25, -0.2) is 4.99 Å². The van der Waals surface area contributed by atoms with Crippen LogP contribution in [-0.2, 0) is 0 Å². The van der Waals surface area contributed by atoms with Crippen LogP contribution in [0.25, 0.3) is 5.76 Å². The van der Waals surface area contributed by atoms with Gasteiger partial charge < -0.3 is 5.11 Å². The van der Waals surface area contributed by atoms with Crippen molar-refractivity contribution in [3.8, 4) is 0 Å². The van der Waals surface area contributed by atoms with Crippen LogP contribution in [0.1, 0.15) is 27.0 Å². The van der Waals surface area contributed by atoms with Crippen LogP contribution >= 0.6 is 0 Å². The fourth-order valence-electron chi connectivity index (χ4n) is 3.17. The van der Waals surface area contributed by atoms with Gasteiger partial charge in [-0.2, -0.15) is 0 Å². The number of rotatable bonds is 3. The van der Waals surface area contributed by atoms with Gasteiger partial charge in [-0.1, -0.05) is 66.7 Å². The van der Waals surface area contributed by atoms with Crippen LogP contribution in [0.3, 0.4) is 0 Å². The molecule has 0 spiro atoms. The molecule has 0 heterocycles. The molecule has 3 heteroatoms. The summed E-state index contributed by atoms with van der Waals surface area (Å²) < 4.78 is 0. The molecule has 0 saturated carbocycles. The lowest BCUT2D eigenvalue weighted by atomic mass is 9.99. The molecule has 0 unspecified atom stereocenters. The molecule has 3 nitrogen and oxygen atoms in total. The fraction of sp³-hybridized carbons (Fsp3) is 0.0435. The standard InChI is InChI=1S/C23H17NO2/c1-15-8-7-11-17(14-15)24-21(16-9-3-2-4-10-16)20-22(25)18-12-5-6-13-19(18)23(20)26/h2-14,25H,1H3. The zero-order valence-electron chi connectivity index (χ0n) is 14.3. The highest BCUT2D eigenvalue weighted by Crippen LogP contribution is 2.34. The summed E-state index contributed by atoms with van der Waals surface area (Å²) >= 11 is 0. The van der Waals surface area contributed by atoms with Gasteiger partial charge in [0, 0.05) is 16.7 Å². The van der Waals surface area contributed by atoms with Crippen molar-refractivity contribution in [2.75, 3.05) is 0 Å². The highest BCUT2D eigenvalue weighted by atomic mass is 16.3. The van der Waals surface area contributed by atoms with E-state index < -0.39 is 0 Å². The second kappa shape index (κ2) is 6.45. The van der Waals surface area contributed by atoms with Gasteiger partial charge in [-0.3, -0.25) is 4.79 Å². The Hall–Kier alpha value is -3.46. The van der Waals surface area contributed by atoms with Crippen LogP contribution in [-0.4, -0.2) is 16.6 Å². The Labute approximate surface area is 152 Å². The number of aliphatic imine (C=N–C) groups is 1. The maximum absolute atomic E-state index is 13.0. The lowest BCUT2D eigenvalue weighted by molar-refractivity contribution is 0.104. The molecular formula is C23H17NO2. The molecule has 3 aromatic carbocycles. The van der Waals surface area contributed by atoms with E-state index in [0.717, 1.165) is 16.8 Å². The van der Waals surface area contributed by atoms with Crippen LogP contribution in [0.15, 0.2) is 89.4 Å². The largest absolute Gasteiger partial charge is 0.506 e. The molecule has 0 atom stereocenters. The van der Waals surface area contributed by atoms with Crippen molar-refractivity contribution >= 4 is 22.9 Å². The summed E-state index contributed by atoms with van der Waals surface area (Å²) in [6.45, 7) is 1.99. The third kappa shape index (κ3) is 2.74. The number of aliphatic hydroxyl groups is 1. The Morgan fingerprint density at radius 3 is 2.23 bits per heavy atom. The van der Waals surface area contributed by atoms with E-state index in [4.69, 9.17) is 4.99 Å². The third-order valence-corrected chi connectivity index (χ3v) is 4.42. The molecule has 0 fully saturated rings. The molecule has 1 N–H and O–H groups in total. The smallest absolute Gasteiger partial charge is 0.199 e. The monoisotopic (exact) mass is 339 g/mol. The topological polar surface area (TPSA) is 49.7 Å². The molecule has 0 aromatic heterocycles. The van der Waals surface area contributed by atoms with Crippen molar-refractivity contribution in [2.45, 2.75) is 6.92 Å². The average molecular weight is 339 g/mol. The minimum absolute atomic E-state index is 0.0131. The molecule has 4 rings (SSSR count). The summed E-state index contributed by atoms with van der Waals surface area (Å²) in [5.74, 6) is -0.214. The number of fused-ring (bicyclic) bond motifs is 1. The molecule has 1 aliphatic rings. The van der Waals surface area contributed by atoms with Crippen LogP contribution < -0.4 is 0 Å². The van der Waals surface area contributed by atoms with E-state index in [0.29, 0.717) is 16.8 Å². The number of hydrogen-bond acceptors (Lipinski definition) is 3. The number of aliphatic hydroxyl groups excluding tert-OH is 1. The number of benzene rings is 3. The van der Waals surface area contributed by atoms with Crippen molar-refractivity contribution in [2.24, 2.45) is 4.99 Å². The van der Waals surface area contributed by atoms with E-state index in [-0.39, 0.29) is 17.1 Å². The van der Waals surface area contributed by atoms with Crippen LogP contribution in [0.2, 0.25) is 0 Å². The minimum Gasteiger partial charge on any atom is -0.506 e. The maximum Gasteiger partial charge on any atom is 0.199 e. The van der Waals surface area contributed by atoms with Crippen molar-refractivity contribution in [3.63, 3.8) is 0 Å². The van der Waals surface area contributed by atoms with E-state index in [2.05, 4.69) is 0 Å². The summed E-state index contributed by atoms with van der Waals surface area (Å²) in [6.07, 6.45) is 0. The van der Waals surface area contributed by atoms with Gasteiger partial charge in [0.2, 0.25) is 0 Å². The summed E-state index contributed by atoms with van der Waals surface area (Å²) in [5.41, 5.74) is 4.41. The van der Waals surface area contributed by atoms with Gasteiger partial charge in [0.15, 0.2) is 5.78 Å². The molecule has 0 amide bonds. The maximum atomic E-state index is 13.0. The van der Waals surface area contributed by atoms with Crippen LogP contribution in [0, 0.1) is 6.92 Å². The van der Waals surface area contributed by atoms with Crippen LogP contribution in [0.5, 0.6) is 0 Å². The van der Waals surface area contributed by atoms with Gasteiger partial charge in [0.1, 0.15) is 5.76 Å². The van der Waals surface area contributed by atoms with Crippen LogP contribution in [0.4, 0.5) is 5.69 Å². The molecule has 0 saturated heterocycles. The van der Waals surface area contributed by atoms with Crippen molar-refractivity contribution in [3.05, 3.63) is 107 Å². The second-order valence-corrected chi connectivity index (χ2v) is 6.26. The fourth-order valence-corrected chi connectivity index (χ4v) is 3.17. The van der Waals surface area contributed by atoms with Gasteiger partial charge in [0.05, 0.1) is 17.0 Å². The van der Waals surface area contributed by atoms with E-state index in [1.165, 1.54) is 0 Å². The van der Waals surface area contributed by atoms with E-state index in [9.17, 15) is 9.90 Å². The average Bonchev–Trinajstić information content (AvgIpc) is 2.92. The Morgan fingerprint density at radius 2 is 1.54 bits per heavy atom. The first kappa shape index (κ1) is 16.0. The Bertz CT molecular complexity index is 1060. The first-order chi connectivity index (χ1) is 12.6. The summed E-state index contributed by atoms with van der Waals surface area (Å²) in [5, 5.41) is 10.8. The lowest BCUT2D eigenvalue weighted by Crippen LogP contribution is -2.12. The minimum atomic E-state index is -0.201. The SMILES string of the molecule is Cc1cccc(N=C(C2=C(O)c3ccccc3C2=O)c2ccccc2)c1. The lowest BCUT2D eigenvalue weighted by Gasteiger charge is -2.09. The van der Waals surface area contributed by atoms with Gasteiger partial charge in [0.25, 0.3) is 0 Å². The molecule has 0 aliphatic heterocycles. The second-order valence-electron chi connectivity index (χ2n) is 6.26. The summed E-state index contributed by atoms with van der Waals surface area (Å²) in [6, 6.07) is 24.3. The highest BCUT2D eigenvalue weighted by molar-refractivity contribution is 6.39. The predicted octanol–water partition coefficient (Wildman–Crippen LogP) is 5.28. The number of carbonyl (C=O) groups is 1. The third-order valence-electron chi connectivity index (χ3n) is 4.42. The molecule has 3 aromatic rings. The number of carbonyl (C=O) groups excluding carboxylic acids is 1. The number of aryl methyl sites for hydroxylation is 1. The summed E-state index contributed by atoms with van der Waals surface area (Å²) in [7, 11) is 0. The predicted molar refractivity (Wildman–Crippen MR) is 104 cm³/mol. The Balaban J connectivity index is 1.93. The van der Waals surface area contributed by atoms with Crippen molar-refractivity contribution < 1.29 is 9.90 Å². The van der Waals surface area contributed by atoms with E-state index >= 15 is 0 Å². The summed E-state index contributed by atoms with van der Waals surface area (Å²) in [4.78, 5) is 17.7. The normalized spacial score (nSPS) is 13.9. The number of nitrogens with zero attached hydrogens (tertiary/aromatic N) is 1. The first-order valence-electron chi connectivity index (χ1n) is 8.43. The first-order valence-corrected chi connectivity index (χ1v) is 8.43. The number of ketones is 1. The molecule has 126 valence electrons. The Morgan fingerprint density at radius 1 is 0.846 bits per heavy atom. The van der Waals surface area contributed by atoms with Gasteiger partial charge >= 0.3 is 0 Å². The number of hydrogen-bond donors (Lipinski definition) is 1. The quantitative estimate of drug-likeness (QED) is 0.660. The highest BCUT2D eigenvalue weighted by Gasteiger charge is 2.33. The van der Waals surface area contributed by atoms with Gasteiger partial charge in [-0.15, -0.1) is 0 Å². The van der Waals surface area contributed by atoms with Gasteiger partial charge in [-0.05, 0) is 24.6 Å². The zero-order chi connectivity index (χ0) is 18.1. The van der Waals surface area contributed by atoms with E-state index in [1.54, 1.807) is 18.2 Å². The molecule has 0 bridgehead atoms. The van der Waals surface area contributed by atoms with Crippen molar-refractivity contribution in [1.29, 1.82) is 0 Å². The van der Waals surface area contributed by atoms with Crippen molar-refractivity contribution in [1.82, 2.24) is 0 Å². The Kier molecular flexibility index (Phi) is 3.98. The molecule has 1 aliphatic carbocycles. The number of Topliss-reactive ketones (excluding diaryl/α,β-unsaturated/α-hetero) is 1.